The van der Waals surface area contributed by atoms with Crippen molar-refractivity contribution in [2.24, 2.45) is 0 Å². The summed E-state index contributed by atoms with van der Waals surface area (Å²) < 4.78 is 5.67. The monoisotopic (exact) mass is 258 g/mol. The normalized spacial score (nSPS) is 10.2. The van der Waals surface area contributed by atoms with E-state index < -0.39 is 0 Å². The van der Waals surface area contributed by atoms with Crippen molar-refractivity contribution in [3.8, 4) is 5.75 Å². The summed E-state index contributed by atoms with van der Waals surface area (Å²) in [7, 11) is 1.84. The van der Waals surface area contributed by atoms with Crippen molar-refractivity contribution in [3.05, 3.63) is 53.7 Å². The lowest BCUT2D eigenvalue weighted by Gasteiger charge is -2.07. The van der Waals surface area contributed by atoms with Gasteiger partial charge in [0, 0.05) is 13.7 Å². The Morgan fingerprint density at radius 1 is 1.16 bits per heavy atom. The zero-order valence-electron chi connectivity index (χ0n) is 11.0. The lowest BCUT2D eigenvalue weighted by Crippen LogP contribution is -2.01. The van der Waals surface area contributed by atoms with Crippen LogP contribution in [0.15, 0.2) is 42.5 Å². The molecular weight excluding hydrogens is 240 g/mol. The minimum Gasteiger partial charge on any atom is -0.487 e. The van der Waals surface area contributed by atoms with Crippen molar-refractivity contribution >= 4 is 5.82 Å². The van der Waals surface area contributed by atoms with Gasteiger partial charge in [0.05, 0.1) is 5.69 Å². The van der Waals surface area contributed by atoms with Crippen LogP contribution in [0.1, 0.15) is 11.3 Å². The Bertz CT molecular complexity index is 512. The highest BCUT2D eigenvalue weighted by Gasteiger charge is 1.99. The first-order valence-corrected chi connectivity index (χ1v) is 6.28. The molecule has 0 fully saturated rings. The van der Waals surface area contributed by atoms with E-state index in [9.17, 15) is 0 Å². The molecule has 0 bridgehead atoms. The fourth-order valence-electron chi connectivity index (χ4n) is 1.74. The molecular formula is C15H18N2O2. The second kappa shape index (κ2) is 6.75. The molecule has 0 spiro atoms. The predicted octanol–water partition coefficient (Wildman–Crippen LogP) is 2.24. The minimum atomic E-state index is 0.168. The molecule has 0 aliphatic rings. The van der Waals surface area contributed by atoms with Crippen LogP contribution < -0.4 is 10.1 Å². The van der Waals surface area contributed by atoms with E-state index in [0.717, 1.165) is 22.8 Å². The Balaban J connectivity index is 1.94. The summed E-state index contributed by atoms with van der Waals surface area (Å²) >= 11 is 0. The zero-order chi connectivity index (χ0) is 13.5. The maximum atomic E-state index is 8.84. The van der Waals surface area contributed by atoms with Gasteiger partial charge in [-0.25, -0.2) is 4.98 Å². The zero-order valence-corrected chi connectivity index (χ0v) is 11.0. The Labute approximate surface area is 113 Å². The molecule has 0 radical (unpaired) electrons. The largest absolute Gasteiger partial charge is 0.487 e. The number of aromatic nitrogens is 1. The highest BCUT2D eigenvalue weighted by atomic mass is 16.5. The van der Waals surface area contributed by atoms with Crippen LogP contribution in [-0.2, 0) is 13.0 Å². The van der Waals surface area contributed by atoms with E-state index >= 15 is 0 Å². The summed E-state index contributed by atoms with van der Waals surface area (Å²) in [5.41, 5.74) is 1.98. The van der Waals surface area contributed by atoms with E-state index in [1.807, 2.05) is 49.5 Å². The summed E-state index contributed by atoms with van der Waals surface area (Å²) in [6, 6.07) is 13.5. The number of benzene rings is 1. The summed E-state index contributed by atoms with van der Waals surface area (Å²) in [6.07, 6.45) is 0.673. The van der Waals surface area contributed by atoms with Gasteiger partial charge in [0.1, 0.15) is 18.2 Å². The third-order valence-electron chi connectivity index (χ3n) is 2.77. The van der Waals surface area contributed by atoms with Crippen molar-refractivity contribution in [3.63, 3.8) is 0 Å². The molecule has 1 aromatic heterocycles. The fraction of sp³-hybridized carbons (Fsp3) is 0.267. The van der Waals surface area contributed by atoms with Crippen molar-refractivity contribution in [2.45, 2.75) is 13.0 Å². The third-order valence-corrected chi connectivity index (χ3v) is 2.77. The number of aliphatic hydroxyl groups excluding tert-OH is 1. The van der Waals surface area contributed by atoms with Gasteiger partial charge in [0.25, 0.3) is 0 Å². The van der Waals surface area contributed by atoms with Gasteiger partial charge in [-0.05, 0) is 36.2 Å². The standard InChI is InChI=1S/C15H18N2O2/c1-16-15-4-2-3-13(17-15)11-19-14-7-5-12(6-8-14)9-10-18/h2-8,18H,9-11H2,1H3,(H,16,17). The molecule has 1 heterocycles. The van der Waals surface area contributed by atoms with Crippen LogP contribution in [0, 0.1) is 0 Å². The average molecular weight is 258 g/mol. The molecule has 0 saturated carbocycles. The number of hydrogen-bond donors (Lipinski definition) is 2. The Hall–Kier alpha value is -2.07. The Morgan fingerprint density at radius 2 is 1.95 bits per heavy atom. The number of pyridine rings is 1. The fourth-order valence-corrected chi connectivity index (χ4v) is 1.74. The van der Waals surface area contributed by atoms with Crippen LogP contribution in [-0.4, -0.2) is 23.7 Å². The minimum absolute atomic E-state index is 0.168. The quantitative estimate of drug-likeness (QED) is 0.834. The van der Waals surface area contributed by atoms with E-state index in [1.165, 1.54) is 0 Å². The number of hydrogen-bond acceptors (Lipinski definition) is 4. The molecule has 2 rings (SSSR count). The van der Waals surface area contributed by atoms with E-state index in [2.05, 4.69) is 10.3 Å². The molecule has 0 unspecified atom stereocenters. The average Bonchev–Trinajstić information content (AvgIpc) is 2.47. The molecule has 4 heteroatoms. The number of nitrogens with zero attached hydrogens (tertiary/aromatic N) is 1. The smallest absolute Gasteiger partial charge is 0.130 e. The molecule has 19 heavy (non-hydrogen) atoms. The van der Waals surface area contributed by atoms with E-state index in [0.29, 0.717) is 13.0 Å². The van der Waals surface area contributed by atoms with Gasteiger partial charge < -0.3 is 15.2 Å². The maximum absolute atomic E-state index is 8.84. The molecule has 0 atom stereocenters. The molecule has 1 aromatic carbocycles. The van der Waals surface area contributed by atoms with Gasteiger partial charge in [0.15, 0.2) is 0 Å². The van der Waals surface area contributed by atoms with Crippen molar-refractivity contribution < 1.29 is 9.84 Å². The van der Waals surface area contributed by atoms with Gasteiger partial charge >= 0.3 is 0 Å². The van der Waals surface area contributed by atoms with Crippen LogP contribution in [0.4, 0.5) is 5.82 Å². The number of anilines is 1. The van der Waals surface area contributed by atoms with E-state index in [-0.39, 0.29) is 6.61 Å². The topological polar surface area (TPSA) is 54.4 Å². The summed E-state index contributed by atoms with van der Waals surface area (Å²) in [6.45, 7) is 0.607. The van der Waals surface area contributed by atoms with Crippen LogP contribution in [0.5, 0.6) is 5.75 Å². The van der Waals surface area contributed by atoms with E-state index in [4.69, 9.17) is 9.84 Å². The third kappa shape index (κ3) is 3.96. The molecule has 2 N–H and O–H groups in total. The number of nitrogens with one attached hydrogen (secondary N) is 1. The molecule has 100 valence electrons. The second-order valence-corrected chi connectivity index (χ2v) is 4.17. The second-order valence-electron chi connectivity index (χ2n) is 4.17. The highest BCUT2D eigenvalue weighted by Crippen LogP contribution is 2.14. The van der Waals surface area contributed by atoms with Crippen LogP contribution in [0.3, 0.4) is 0 Å². The van der Waals surface area contributed by atoms with Crippen LogP contribution in [0.2, 0.25) is 0 Å². The van der Waals surface area contributed by atoms with E-state index in [1.54, 1.807) is 0 Å². The molecule has 0 saturated heterocycles. The highest BCUT2D eigenvalue weighted by molar-refractivity contribution is 5.34. The lowest BCUT2D eigenvalue weighted by molar-refractivity contribution is 0.297. The Kier molecular flexibility index (Phi) is 4.75. The number of ether oxygens (including phenoxy) is 1. The summed E-state index contributed by atoms with van der Waals surface area (Å²) in [5.74, 6) is 1.64. The predicted molar refractivity (Wildman–Crippen MR) is 75.3 cm³/mol. The molecule has 2 aromatic rings. The molecule has 0 amide bonds. The van der Waals surface area contributed by atoms with Gasteiger partial charge in [-0.1, -0.05) is 18.2 Å². The maximum Gasteiger partial charge on any atom is 0.130 e. The van der Waals surface area contributed by atoms with Crippen molar-refractivity contribution in [1.82, 2.24) is 4.98 Å². The number of aliphatic hydroxyl groups is 1. The molecule has 0 aliphatic heterocycles. The summed E-state index contributed by atoms with van der Waals surface area (Å²) in [4.78, 5) is 4.38. The van der Waals surface area contributed by atoms with Crippen molar-refractivity contribution in [1.29, 1.82) is 0 Å². The summed E-state index contributed by atoms with van der Waals surface area (Å²) in [5, 5.41) is 11.8. The van der Waals surface area contributed by atoms with Gasteiger partial charge in [0.2, 0.25) is 0 Å². The first-order chi connectivity index (χ1) is 9.31. The Morgan fingerprint density at radius 3 is 2.63 bits per heavy atom. The molecule has 0 aliphatic carbocycles. The van der Waals surface area contributed by atoms with Gasteiger partial charge in [-0.15, -0.1) is 0 Å². The first kappa shape index (κ1) is 13.4. The van der Waals surface area contributed by atoms with Crippen molar-refractivity contribution in [2.75, 3.05) is 19.0 Å². The van der Waals surface area contributed by atoms with Gasteiger partial charge in [-0.2, -0.15) is 0 Å². The SMILES string of the molecule is CNc1cccc(COc2ccc(CCO)cc2)n1. The first-order valence-electron chi connectivity index (χ1n) is 6.28. The molecule has 4 nitrogen and oxygen atoms in total. The lowest BCUT2D eigenvalue weighted by atomic mass is 10.1. The number of rotatable bonds is 6. The van der Waals surface area contributed by atoms with Crippen LogP contribution in [0.25, 0.3) is 0 Å². The van der Waals surface area contributed by atoms with Gasteiger partial charge in [-0.3, -0.25) is 0 Å². The van der Waals surface area contributed by atoms with Crippen LogP contribution >= 0.6 is 0 Å².